The molecule has 134 valence electrons. The molecule has 0 radical (unpaired) electrons. The Morgan fingerprint density at radius 3 is 2.50 bits per heavy atom. The van der Waals surface area contributed by atoms with Gasteiger partial charge in [0.1, 0.15) is 17.5 Å². The Bertz CT molecular complexity index is 1030. The Kier molecular flexibility index (Phi) is 4.16. The molecule has 0 saturated carbocycles. The second kappa shape index (κ2) is 6.25. The Balaban J connectivity index is 2.01. The molecule has 26 heavy (non-hydrogen) atoms. The average molecular weight is 414 g/mol. The van der Waals surface area contributed by atoms with Crippen LogP contribution in [0.3, 0.4) is 0 Å². The highest BCUT2D eigenvalue weighted by molar-refractivity contribution is 9.09. The summed E-state index contributed by atoms with van der Waals surface area (Å²) < 4.78 is 7.90. The van der Waals surface area contributed by atoms with Crippen molar-refractivity contribution in [2.75, 3.05) is 0 Å². The average Bonchev–Trinajstić information content (AvgIpc) is 2.64. The molecule has 0 amide bonds. The Morgan fingerprint density at radius 2 is 1.77 bits per heavy atom. The Labute approximate surface area is 160 Å². The number of aromatic nitrogens is 1. The minimum atomic E-state index is -0.937. The van der Waals surface area contributed by atoms with Crippen LogP contribution >= 0.6 is 15.9 Å². The largest absolute Gasteiger partial charge is 0.485 e. The smallest absolute Gasteiger partial charge is 0.260 e. The van der Waals surface area contributed by atoms with Gasteiger partial charge in [0, 0.05) is 5.39 Å². The number of alkyl halides is 1. The standard InChI is InChI=1S/C21H20BrNO3/c1-21(2)19(22)17(24)16-18(26-21)14-10-6-7-11-15(14)23(20(16)25)12-13-8-4-3-5-9-13/h3-11,17,19,24H,12H2,1-2H3. The molecule has 4 nitrogen and oxygen atoms in total. The number of aliphatic hydroxyl groups is 1. The highest BCUT2D eigenvalue weighted by Gasteiger charge is 2.44. The van der Waals surface area contributed by atoms with Crippen molar-refractivity contribution in [3.8, 4) is 5.75 Å². The maximum atomic E-state index is 13.3. The highest BCUT2D eigenvalue weighted by Crippen LogP contribution is 2.44. The van der Waals surface area contributed by atoms with Crippen molar-refractivity contribution in [3.05, 3.63) is 76.1 Å². The zero-order valence-corrected chi connectivity index (χ0v) is 16.2. The lowest BCUT2D eigenvalue weighted by molar-refractivity contribution is 0.0227. The summed E-state index contributed by atoms with van der Waals surface area (Å²) in [5, 5.41) is 11.7. The molecule has 0 spiro atoms. The number of rotatable bonds is 2. The molecule has 0 saturated heterocycles. The van der Waals surface area contributed by atoms with E-state index in [1.807, 2.05) is 68.4 Å². The highest BCUT2D eigenvalue weighted by atomic mass is 79.9. The lowest BCUT2D eigenvalue weighted by Gasteiger charge is -2.40. The maximum absolute atomic E-state index is 13.3. The Morgan fingerprint density at radius 1 is 1.12 bits per heavy atom. The van der Waals surface area contributed by atoms with Crippen molar-refractivity contribution < 1.29 is 9.84 Å². The number of hydrogen-bond acceptors (Lipinski definition) is 3. The van der Waals surface area contributed by atoms with Crippen LogP contribution in [0.1, 0.15) is 31.1 Å². The van der Waals surface area contributed by atoms with E-state index in [0.717, 1.165) is 16.5 Å². The molecule has 1 N–H and O–H groups in total. The first-order chi connectivity index (χ1) is 12.4. The van der Waals surface area contributed by atoms with E-state index in [2.05, 4.69) is 15.9 Å². The number of halogens is 1. The van der Waals surface area contributed by atoms with Gasteiger partial charge < -0.3 is 14.4 Å². The molecule has 4 rings (SSSR count). The number of ether oxygens (including phenoxy) is 1. The van der Waals surface area contributed by atoms with Crippen molar-refractivity contribution in [3.63, 3.8) is 0 Å². The quantitative estimate of drug-likeness (QED) is 0.645. The van der Waals surface area contributed by atoms with Gasteiger partial charge in [-0.15, -0.1) is 0 Å². The summed E-state index contributed by atoms with van der Waals surface area (Å²) in [6, 6.07) is 17.5. The van der Waals surface area contributed by atoms with E-state index in [4.69, 9.17) is 4.74 Å². The van der Waals surface area contributed by atoms with E-state index < -0.39 is 11.7 Å². The predicted octanol–water partition coefficient (Wildman–Crippen LogP) is 4.02. The van der Waals surface area contributed by atoms with Crippen LogP contribution in [0, 0.1) is 0 Å². The van der Waals surface area contributed by atoms with Crippen LogP contribution < -0.4 is 10.3 Å². The van der Waals surface area contributed by atoms with Crippen molar-refractivity contribution >= 4 is 26.8 Å². The van der Waals surface area contributed by atoms with Gasteiger partial charge in [0.15, 0.2) is 0 Å². The van der Waals surface area contributed by atoms with Crippen LogP contribution in [-0.4, -0.2) is 20.1 Å². The normalized spacial score (nSPS) is 21.2. The molecular formula is C21H20BrNO3. The molecule has 1 aliphatic rings. The molecule has 2 heterocycles. The molecule has 1 aromatic heterocycles. The Hall–Kier alpha value is -2.11. The van der Waals surface area contributed by atoms with Crippen molar-refractivity contribution in [1.29, 1.82) is 0 Å². The van der Waals surface area contributed by atoms with E-state index >= 15 is 0 Å². The monoisotopic (exact) mass is 413 g/mol. The summed E-state index contributed by atoms with van der Waals surface area (Å²) >= 11 is 3.51. The number of fused-ring (bicyclic) bond motifs is 3. The zero-order chi connectivity index (χ0) is 18.5. The molecule has 3 aromatic rings. The van der Waals surface area contributed by atoms with Crippen LogP contribution in [0.2, 0.25) is 0 Å². The zero-order valence-electron chi connectivity index (χ0n) is 14.6. The number of para-hydroxylation sites is 1. The summed E-state index contributed by atoms with van der Waals surface area (Å²) in [4.78, 5) is 12.9. The van der Waals surface area contributed by atoms with Gasteiger partial charge in [-0.3, -0.25) is 4.79 Å². The first kappa shape index (κ1) is 17.3. The number of benzene rings is 2. The SMILES string of the molecule is CC1(C)Oc2c(c(=O)n(Cc3ccccc3)c3ccccc23)C(O)C1Br. The molecule has 0 aliphatic carbocycles. The third-order valence-electron chi connectivity index (χ3n) is 4.95. The summed E-state index contributed by atoms with van der Waals surface area (Å²) in [6.07, 6.45) is -0.937. The summed E-state index contributed by atoms with van der Waals surface area (Å²) in [7, 11) is 0. The minimum Gasteiger partial charge on any atom is -0.485 e. The molecule has 2 aromatic carbocycles. The van der Waals surface area contributed by atoms with Crippen LogP contribution in [0.5, 0.6) is 5.75 Å². The van der Waals surface area contributed by atoms with Crippen molar-refractivity contribution in [1.82, 2.24) is 4.57 Å². The number of hydrogen-bond donors (Lipinski definition) is 1. The summed E-state index contributed by atoms with van der Waals surface area (Å²) in [6.45, 7) is 4.25. The van der Waals surface area contributed by atoms with Crippen LogP contribution in [-0.2, 0) is 6.54 Å². The molecule has 0 bridgehead atoms. The summed E-state index contributed by atoms with van der Waals surface area (Å²) in [5.74, 6) is 0.489. The molecular weight excluding hydrogens is 394 g/mol. The predicted molar refractivity (Wildman–Crippen MR) is 106 cm³/mol. The maximum Gasteiger partial charge on any atom is 0.260 e. The second-order valence-electron chi connectivity index (χ2n) is 7.19. The van der Waals surface area contributed by atoms with Gasteiger partial charge in [-0.1, -0.05) is 58.4 Å². The first-order valence-corrected chi connectivity index (χ1v) is 9.52. The van der Waals surface area contributed by atoms with E-state index in [9.17, 15) is 9.90 Å². The molecule has 0 fully saturated rings. The van der Waals surface area contributed by atoms with Gasteiger partial charge in [0.2, 0.25) is 0 Å². The van der Waals surface area contributed by atoms with Gasteiger partial charge in [0.05, 0.1) is 22.5 Å². The first-order valence-electron chi connectivity index (χ1n) is 8.60. The lowest BCUT2D eigenvalue weighted by Crippen LogP contribution is -2.48. The number of nitrogens with zero attached hydrogens (tertiary/aromatic N) is 1. The minimum absolute atomic E-state index is 0.213. The molecule has 1 aliphatic heterocycles. The summed E-state index contributed by atoms with van der Waals surface area (Å²) in [5.41, 5.74) is 1.31. The van der Waals surface area contributed by atoms with Gasteiger partial charge in [0.25, 0.3) is 5.56 Å². The lowest BCUT2D eigenvalue weighted by atomic mass is 9.91. The van der Waals surface area contributed by atoms with E-state index in [1.165, 1.54) is 0 Å². The number of pyridine rings is 1. The van der Waals surface area contributed by atoms with E-state index in [1.54, 1.807) is 4.57 Å². The third-order valence-corrected chi connectivity index (χ3v) is 6.55. The molecule has 2 unspecified atom stereocenters. The fourth-order valence-electron chi connectivity index (χ4n) is 3.54. The molecule has 5 heteroatoms. The fourth-order valence-corrected chi connectivity index (χ4v) is 3.90. The van der Waals surface area contributed by atoms with Crippen LogP contribution in [0.15, 0.2) is 59.4 Å². The van der Waals surface area contributed by atoms with Gasteiger partial charge in [-0.2, -0.15) is 0 Å². The van der Waals surface area contributed by atoms with Crippen LogP contribution in [0.25, 0.3) is 10.9 Å². The van der Waals surface area contributed by atoms with Crippen molar-refractivity contribution in [2.24, 2.45) is 0 Å². The van der Waals surface area contributed by atoms with Gasteiger partial charge >= 0.3 is 0 Å². The van der Waals surface area contributed by atoms with E-state index in [0.29, 0.717) is 17.9 Å². The van der Waals surface area contributed by atoms with Gasteiger partial charge in [-0.25, -0.2) is 0 Å². The molecule has 2 atom stereocenters. The van der Waals surface area contributed by atoms with E-state index in [-0.39, 0.29) is 10.4 Å². The van der Waals surface area contributed by atoms with Crippen molar-refractivity contribution in [2.45, 2.75) is 36.9 Å². The second-order valence-corrected chi connectivity index (χ2v) is 8.18. The topological polar surface area (TPSA) is 51.5 Å². The van der Waals surface area contributed by atoms with Gasteiger partial charge in [-0.05, 0) is 31.5 Å². The van der Waals surface area contributed by atoms with Crippen LogP contribution in [0.4, 0.5) is 0 Å². The number of aliphatic hydroxyl groups excluding tert-OH is 1. The fraction of sp³-hybridized carbons (Fsp3) is 0.286. The third kappa shape index (κ3) is 2.66.